The number of amides is 1. The normalized spacial score (nSPS) is 25.8. The van der Waals surface area contributed by atoms with E-state index in [4.69, 9.17) is 4.74 Å². The smallest absolute Gasteiger partial charge is 0.308 e. The van der Waals surface area contributed by atoms with Gasteiger partial charge in [0.15, 0.2) is 0 Å². The van der Waals surface area contributed by atoms with Gasteiger partial charge in [0.05, 0.1) is 12.1 Å². The van der Waals surface area contributed by atoms with Gasteiger partial charge in [-0.05, 0) is 24.6 Å². The van der Waals surface area contributed by atoms with Gasteiger partial charge in [-0.3, -0.25) is 9.59 Å². The van der Waals surface area contributed by atoms with Crippen molar-refractivity contribution < 1.29 is 14.3 Å². The zero-order valence-corrected chi connectivity index (χ0v) is 13.1. The van der Waals surface area contributed by atoms with E-state index in [0.29, 0.717) is 0 Å². The molecule has 4 heteroatoms. The number of hydrogen-bond donors (Lipinski definition) is 0. The molecular weight excluding hydrogens is 290 g/mol. The summed E-state index contributed by atoms with van der Waals surface area (Å²) in [6.45, 7) is 1.98. The van der Waals surface area contributed by atoms with Crippen LogP contribution in [0.2, 0.25) is 0 Å². The van der Waals surface area contributed by atoms with Crippen molar-refractivity contribution in [2.24, 2.45) is 0 Å². The Morgan fingerprint density at radius 2 is 1.87 bits per heavy atom. The highest BCUT2D eigenvalue weighted by molar-refractivity contribution is 6.09. The first-order valence-corrected chi connectivity index (χ1v) is 7.70. The highest BCUT2D eigenvalue weighted by atomic mass is 16.6. The Morgan fingerprint density at radius 1 is 1.13 bits per heavy atom. The first-order valence-electron chi connectivity index (χ1n) is 7.70. The molecule has 1 spiro atoms. The maximum atomic E-state index is 13.1. The lowest BCUT2D eigenvalue weighted by Gasteiger charge is -2.28. The Bertz CT molecular complexity index is 815. The summed E-state index contributed by atoms with van der Waals surface area (Å²) in [5.41, 5.74) is 2.38. The molecule has 2 aromatic carbocycles. The van der Waals surface area contributed by atoms with Crippen molar-refractivity contribution in [1.29, 1.82) is 0 Å². The fourth-order valence-corrected chi connectivity index (χ4v) is 3.79. The van der Waals surface area contributed by atoms with Gasteiger partial charge in [-0.1, -0.05) is 42.0 Å². The van der Waals surface area contributed by atoms with Crippen LogP contribution in [0.15, 0.2) is 48.5 Å². The number of carbonyl (C=O) groups is 2. The summed E-state index contributed by atoms with van der Waals surface area (Å²) >= 11 is 0. The zero-order chi connectivity index (χ0) is 16.2. The molecule has 0 saturated carbocycles. The van der Waals surface area contributed by atoms with Gasteiger partial charge in [0.1, 0.15) is 0 Å². The van der Waals surface area contributed by atoms with Crippen LogP contribution in [-0.4, -0.2) is 18.9 Å². The maximum absolute atomic E-state index is 13.1. The zero-order valence-electron chi connectivity index (χ0n) is 13.1. The van der Waals surface area contributed by atoms with E-state index in [0.717, 1.165) is 22.4 Å². The second-order valence-corrected chi connectivity index (χ2v) is 6.26. The van der Waals surface area contributed by atoms with Crippen molar-refractivity contribution in [3.05, 3.63) is 65.2 Å². The molecule has 0 radical (unpaired) electrons. The molecule has 2 unspecified atom stereocenters. The minimum Gasteiger partial charge on any atom is -0.443 e. The lowest BCUT2D eigenvalue weighted by Crippen LogP contribution is -2.42. The van der Waals surface area contributed by atoms with E-state index in [2.05, 4.69) is 0 Å². The van der Waals surface area contributed by atoms with Crippen molar-refractivity contribution in [3.63, 3.8) is 0 Å². The number of hydrogen-bond acceptors (Lipinski definition) is 3. The molecule has 4 nitrogen and oxygen atoms in total. The van der Waals surface area contributed by atoms with Crippen LogP contribution < -0.4 is 4.90 Å². The van der Waals surface area contributed by atoms with Crippen LogP contribution in [0.4, 0.5) is 5.69 Å². The highest BCUT2D eigenvalue weighted by Gasteiger charge is 2.62. The molecule has 0 aromatic heterocycles. The number of rotatable bonds is 1. The molecule has 2 aromatic rings. The number of aryl methyl sites for hydroxylation is 1. The summed E-state index contributed by atoms with van der Waals surface area (Å²) in [6, 6.07) is 15.5. The van der Waals surface area contributed by atoms with Gasteiger partial charge >= 0.3 is 5.97 Å². The maximum Gasteiger partial charge on any atom is 0.308 e. The van der Waals surface area contributed by atoms with E-state index in [-0.39, 0.29) is 24.2 Å². The number of anilines is 1. The van der Waals surface area contributed by atoms with E-state index < -0.39 is 5.60 Å². The summed E-state index contributed by atoms with van der Waals surface area (Å²) in [6.07, 6.45) is 0.219. The first-order chi connectivity index (χ1) is 11.0. The largest absolute Gasteiger partial charge is 0.443 e. The topological polar surface area (TPSA) is 46.6 Å². The monoisotopic (exact) mass is 307 g/mol. The van der Waals surface area contributed by atoms with Crippen molar-refractivity contribution in [2.45, 2.75) is 24.9 Å². The van der Waals surface area contributed by atoms with Crippen LogP contribution in [-0.2, 0) is 19.9 Å². The van der Waals surface area contributed by atoms with E-state index in [1.807, 2.05) is 55.5 Å². The van der Waals surface area contributed by atoms with Crippen molar-refractivity contribution >= 4 is 17.6 Å². The second kappa shape index (κ2) is 4.69. The molecule has 2 heterocycles. The van der Waals surface area contributed by atoms with Crippen LogP contribution in [0, 0.1) is 6.92 Å². The lowest BCUT2D eigenvalue weighted by atomic mass is 9.78. The molecule has 0 N–H and O–H groups in total. The van der Waals surface area contributed by atoms with Crippen LogP contribution in [0.1, 0.15) is 29.0 Å². The Hall–Kier alpha value is -2.62. The van der Waals surface area contributed by atoms with Gasteiger partial charge in [0.25, 0.3) is 5.91 Å². The Labute approximate surface area is 134 Å². The minimum absolute atomic E-state index is 0.169. The molecule has 0 bridgehead atoms. The van der Waals surface area contributed by atoms with E-state index in [9.17, 15) is 9.59 Å². The quantitative estimate of drug-likeness (QED) is 0.761. The van der Waals surface area contributed by atoms with Gasteiger partial charge in [-0.15, -0.1) is 0 Å². The van der Waals surface area contributed by atoms with Crippen molar-refractivity contribution in [2.75, 3.05) is 11.9 Å². The van der Waals surface area contributed by atoms with Gasteiger partial charge in [0.2, 0.25) is 5.60 Å². The van der Waals surface area contributed by atoms with Crippen LogP contribution in [0.25, 0.3) is 0 Å². The third-order valence-electron chi connectivity index (χ3n) is 4.87. The molecule has 1 amide bonds. The first kappa shape index (κ1) is 14.0. The van der Waals surface area contributed by atoms with E-state index in [1.54, 1.807) is 11.9 Å². The molecule has 2 aliphatic heterocycles. The number of esters is 1. The number of fused-ring (bicyclic) bond motifs is 2. The molecule has 2 atom stereocenters. The highest BCUT2D eigenvalue weighted by Crippen LogP contribution is 2.55. The number of carbonyl (C=O) groups excluding carboxylic acids is 2. The number of ether oxygens (including phenoxy) is 1. The predicted octanol–water partition coefficient (Wildman–Crippen LogP) is 2.90. The number of benzene rings is 2. The van der Waals surface area contributed by atoms with E-state index >= 15 is 0 Å². The van der Waals surface area contributed by atoms with Gasteiger partial charge in [0, 0.05) is 18.5 Å². The summed E-state index contributed by atoms with van der Waals surface area (Å²) < 4.78 is 5.71. The van der Waals surface area contributed by atoms with Crippen LogP contribution in [0.3, 0.4) is 0 Å². The third-order valence-corrected chi connectivity index (χ3v) is 4.87. The molecule has 1 fully saturated rings. The molecule has 116 valence electrons. The van der Waals surface area contributed by atoms with Gasteiger partial charge in [-0.25, -0.2) is 0 Å². The second-order valence-electron chi connectivity index (χ2n) is 6.26. The third kappa shape index (κ3) is 1.78. The fourth-order valence-electron chi connectivity index (χ4n) is 3.79. The molecule has 2 aliphatic rings. The molecule has 0 aliphatic carbocycles. The lowest BCUT2D eigenvalue weighted by molar-refractivity contribution is -0.157. The minimum atomic E-state index is -1.23. The van der Waals surface area contributed by atoms with Gasteiger partial charge in [-0.2, -0.15) is 0 Å². The molecular formula is C19H17NO3. The standard InChI is InChI=1S/C19H17NO3/c1-12-8-9-16-15(10-12)19(18(22)20(16)2)14(11-17(21)23-19)13-6-4-3-5-7-13/h3-10,14H,11H2,1-2H3. The fraction of sp³-hybridized carbons (Fsp3) is 0.263. The van der Waals surface area contributed by atoms with Crippen molar-refractivity contribution in [1.82, 2.24) is 0 Å². The Morgan fingerprint density at radius 3 is 2.61 bits per heavy atom. The van der Waals surface area contributed by atoms with Crippen molar-refractivity contribution in [3.8, 4) is 0 Å². The van der Waals surface area contributed by atoms with Gasteiger partial charge < -0.3 is 9.64 Å². The number of nitrogens with zero attached hydrogens (tertiary/aromatic N) is 1. The summed E-state index contributed by atoms with van der Waals surface area (Å²) in [7, 11) is 1.74. The Balaban J connectivity index is 1.97. The van der Waals surface area contributed by atoms with Crippen LogP contribution in [0.5, 0.6) is 0 Å². The molecule has 23 heavy (non-hydrogen) atoms. The predicted molar refractivity (Wildman–Crippen MR) is 86.2 cm³/mol. The average Bonchev–Trinajstić information content (AvgIpc) is 3.01. The summed E-state index contributed by atoms with van der Waals surface area (Å²) in [4.78, 5) is 26.8. The summed E-state index contributed by atoms with van der Waals surface area (Å²) in [5.74, 6) is -0.790. The molecule has 1 saturated heterocycles. The molecule has 4 rings (SSSR count). The Kier molecular flexibility index (Phi) is 2.85. The van der Waals surface area contributed by atoms with E-state index in [1.165, 1.54) is 0 Å². The summed E-state index contributed by atoms with van der Waals surface area (Å²) in [5, 5.41) is 0. The van der Waals surface area contributed by atoms with Crippen LogP contribution >= 0.6 is 0 Å². The average molecular weight is 307 g/mol. The number of likely N-dealkylation sites (N-methyl/N-ethyl adjacent to an activating group) is 1. The SMILES string of the molecule is Cc1ccc2c(c1)C1(OC(=O)CC1c1ccccc1)C(=O)N2C.